The molecule has 4 amide bonds. The van der Waals surface area contributed by atoms with Gasteiger partial charge in [0, 0.05) is 0 Å². The summed E-state index contributed by atoms with van der Waals surface area (Å²) in [5.41, 5.74) is 0.734. The van der Waals surface area contributed by atoms with Crippen molar-refractivity contribution in [3.05, 3.63) is 100 Å². The second-order valence-electron chi connectivity index (χ2n) is 7.24. The molecule has 0 unspecified atom stereocenters. The summed E-state index contributed by atoms with van der Waals surface area (Å²) in [5.74, 6) is -2.90. The summed E-state index contributed by atoms with van der Waals surface area (Å²) in [6.07, 6.45) is 1.21. The van der Waals surface area contributed by atoms with E-state index in [1.165, 1.54) is 36.4 Å². The molecule has 3 aromatic carbocycles. The number of carbonyl (C=O) groups excluding carboxylic acids is 3. The Bertz CT molecular complexity index is 1340. The highest BCUT2D eigenvalue weighted by molar-refractivity contribution is 6.42. The number of carboxylic acids is 1. The molecular formula is C25H17ClN2O6. The molecule has 1 fully saturated rings. The molecule has 3 aromatic rings. The lowest BCUT2D eigenvalue weighted by molar-refractivity contribution is -0.122. The summed E-state index contributed by atoms with van der Waals surface area (Å²) in [5, 5.41) is 11.9. The van der Waals surface area contributed by atoms with Crippen molar-refractivity contribution in [1.82, 2.24) is 5.32 Å². The van der Waals surface area contributed by atoms with Gasteiger partial charge in [-0.2, -0.15) is 0 Å². The Morgan fingerprint density at radius 1 is 1.00 bits per heavy atom. The molecule has 1 saturated heterocycles. The first-order valence-corrected chi connectivity index (χ1v) is 10.4. The maximum absolute atomic E-state index is 13.0. The van der Waals surface area contributed by atoms with Crippen LogP contribution in [-0.2, 0) is 16.2 Å². The van der Waals surface area contributed by atoms with Crippen LogP contribution in [-0.4, -0.2) is 28.9 Å². The van der Waals surface area contributed by atoms with E-state index in [1.54, 1.807) is 12.1 Å². The second-order valence-corrected chi connectivity index (χ2v) is 7.65. The summed E-state index contributed by atoms with van der Waals surface area (Å²) >= 11 is 6.12. The number of carboxylic acid groups (broad SMARTS) is 1. The minimum atomic E-state index is -1.24. The van der Waals surface area contributed by atoms with Crippen LogP contribution in [0.4, 0.5) is 10.5 Å². The average molecular weight is 477 g/mol. The second kappa shape index (κ2) is 9.60. The average Bonchev–Trinajstić information content (AvgIpc) is 2.82. The third kappa shape index (κ3) is 4.67. The standard InChI is InChI=1S/C25H17ClN2O6/c26-19-8-4-5-9-20(19)28-23(30)18(22(29)27-25(28)33)13-16-10-11-21(17(12-16)24(31)32)34-14-15-6-2-1-3-7-15/h1-13H,14H2,(H,31,32)(H,27,29,33). The Morgan fingerprint density at radius 2 is 1.71 bits per heavy atom. The molecule has 9 heteroatoms. The van der Waals surface area contributed by atoms with Gasteiger partial charge >= 0.3 is 12.0 Å². The number of hydrogen-bond acceptors (Lipinski definition) is 5. The van der Waals surface area contributed by atoms with Crippen LogP contribution in [0.3, 0.4) is 0 Å². The fraction of sp³-hybridized carbons (Fsp3) is 0.0400. The monoisotopic (exact) mass is 476 g/mol. The van der Waals surface area contributed by atoms with E-state index < -0.39 is 23.8 Å². The third-order valence-corrected chi connectivity index (χ3v) is 5.30. The lowest BCUT2D eigenvalue weighted by atomic mass is 10.0. The number of halogens is 1. The van der Waals surface area contributed by atoms with Gasteiger partial charge in [0.15, 0.2) is 0 Å². The molecule has 170 valence electrons. The van der Waals surface area contributed by atoms with Gasteiger partial charge in [-0.1, -0.05) is 60.1 Å². The van der Waals surface area contributed by atoms with Crippen LogP contribution < -0.4 is 15.0 Å². The van der Waals surface area contributed by atoms with Crippen LogP contribution >= 0.6 is 11.6 Å². The molecule has 0 radical (unpaired) electrons. The first-order chi connectivity index (χ1) is 16.3. The predicted octanol–water partition coefficient (Wildman–Crippen LogP) is 4.28. The summed E-state index contributed by atoms with van der Waals surface area (Å²) in [6.45, 7) is 0.164. The molecule has 0 aromatic heterocycles. The fourth-order valence-electron chi connectivity index (χ4n) is 3.34. The number of hydrogen-bond donors (Lipinski definition) is 2. The highest BCUT2D eigenvalue weighted by Gasteiger charge is 2.37. The van der Waals surface area contributed by atoms with E-state index in [2.05, 4.69) is 5.32 Å². The molecule has 4 rings (SSSR count). The number of barbiturate groups is 1. The summed E-state index contributed by atoms with van der Waals surface area (Å²) in [4.78, 5) is 50.3. The van der Waals surface area contributed by atoms with Crippen molar-refractivity contribution < 1.29 is 29.0 Å². The highest BCUT2D eigenvalue weighted by atomic mass is 35.5. The van der Waals surface area contributed by atoms with Crippen LogP contribution in [0.2, 0.25) is 5.02 Å². The highest BCUT2D eigenvalue weighted by Crippen LogP contribution is 2.29. The maximum Gasteiger partial charge on any atom is 0.339 e. The van der Waals surface area contributed by atoms with Crippen molar-refractivity contribution in [2.24, 2.45) is 0 Å². The van der Waals surface area contributed by atoms with Gasteiger partial charge in [0.05, 0.1) is 10.7 Å². The first-order valence-electron chi connectivity index (χ1n) is 10.0. The van der Waals surface area contributed by atoms with Gasteiger partial charge in [0.25, 0.3) is 11.8 Å². The van der Waals surface area contributed by atoms with E-state index in [4.69, 9.17) is 16.3 Å². The fourth-order valence-corrected chi connectivity index (χ4v) is 3.56. The number of nitrogens with zero attached hydrogens (tertiary/aromatic N) is 1. The van der Waals surface area contributed by atoms with Gasteiger partial charge in [-0.05, 0) is 41.5 Å². The first kappa shape index (κ1) is 22.8. The molecule has 0 atom stereocenters. The van der Waals surface area contributed by atoms with Gasteiger partial charge in [0.2, 0.25) is 0 Å². The molecule has 0 saturated carbocycles. The Kier molecular flexibility index (Phi) is 6.42. The number of carbonyl (C=O) groups is 4. The Hall–Kier alpha value is -4.43. The number of nitrogens with one attached hydrogen (secondary N) is 1. The molecule has 8 nitrogen and oxygen atoms in total. The molecule has 0 spiro atoms. The van der Waals surface area contributed by atoms with Crippen LogP contribution in [0.25, 0.3) is 6.08 Å². The molecule has 1 heterocycles. The van der Waals surface area contributed by atoms with Gasteiger partial charge in [0.1, 0.15) is 23.5 Å². The minimum Gasteiger partial charge on any atom is -0.488 e. The number of rotatable bonds is 6. The van der Waals surface area contributed by atoms with E-state index in [0.29, 0.717) is 0 Å². The summed E-state index contributed by atoms with van der Waals surface area (Å²) in [7, 11) is 0. The minimum absolute atomic E-state index is 0.112. The third-order valence-electron chi connectivity index (χ3n) is 4.98. The van der Waals surface area contributed by atoms with Crippen molar-refractivity contribution in [2.45, 2.75) is 6.61 Å². The quantitative estimate of drug-likeness (QED) is 0.405. The molecule has 1 aliphatic heterocycles. The SMILES string of the molecule is O=C1NC(=O)N(c2ccccc2Cl)C(=O)C1=Cc1ccc(OCc2ccccc2)c(C(=O)O)c1. The zero-order chi connectivity index (χ0) is 24.2. The topological polar surface area (TPSA) is 113 Å². The van der Waals surface area contributed by atoms with Gasteiger partial charge in [-0.3, -0.25) is 14.9 Å². The van der Waals surface area contributed by atoms with Crippen LogP contribution in [0.15, 0.2) is 78.4 Å². The Morgan fingerprint density at radius 3 is 2.41 bits per heavy atom. The number of amides is 4. The lowest BCUT2D eigenvalue weighted by Crippen LogP contribution is -2.54. The summed E-state index contributed by atoms with van der Waals surface area (Å²) in [6, 6.07) is 18.7. The van der Waals surface area contributed by atoms with Crippen molar-refractivity contribution in [1.29, 1.82) is 0 Å². The summed E-state index contributed by atoms with van der Waals surface area (Å²) < 4.78 is 5.66. The number of para-hydroxylation sites is 1. The molecular weight excluding hydrogens is 460 g/mol. The molecule has 34 heavy (non-hydrogen) atoms. The number of aromatic carboxylic acids is 1. The van der Waals surface area contributed by atoms with Crippen molar-refractivity contribution >= 4 is 47.2 Å². The zero-order valence-electron chi connectivity index (χ0n) is 17.5. The van der Waals surface area contributed by atoms with Crippen LogP contribution in [0.1, 0.15) is 21.5 Å². The van der Waals surface area contributed by atoms with Crippen LogP contribution in [0.5, 0.6) is 5.75 Å². The predicted molar refractivity (Wildman–Crippen MR) is 125 cm³/mol. The van der Waals surface area contributed by atoms with Gasteiger partial charge < -0.3 is 9.84 Å². The molecule has 0 bridgehead atoms. The van der Waals surface area contributed by atoms with E-state index >= 15 is 0 Å². The number of urea groups is 1. The van der Waals surface area contributed by atoms with Gasteiger partial charge in [-0.15, -0.1) is 0 Å². The molecule has 0 aliphatic carbocycles. The van der Waals surface area contributed by atoms with E-state index in [-0.39, 0.29) is 39.8 Å². The maximum atomic E-state index is 13.0. The van der Waals surface area contributed by atoms with E-state index in [1.807, 2.05) is 30.3 Å². The number of anilines is 1. The molecule has 1 aliphatic rings. The zero-order valence-corrected chi connectivity index (χ0v) is 18.3. The van der Waals surface area contributed by atoms with Gasteiger partial charge in [-0.25, -0.2) is 14.5 Å². The number of imide groups is 2. The molecule has 2 N–H and O–H groups in total. The number of ether oxygens (including phenoxy) is 1. The van der Waals surface area contributed by atoms with Crippen molar-refractivity contribution in [2.75, 3.05) is 4.90 Å². The lowest BCUT2D eigenvalue weighted by Gasteiger charge is -2.27. The van der Waals surface area contributed by atoms with Crippen molar-refractivity contribution in [3.8, 4) is 5.75 Å². The van der Waals surface area contributed by atoms with Crippen LogP contribution in [0, 0.1) is 0 Å². The van der Waals surface area contributed by atoms with E-state index in [9.17, 15) is 24.3 Å². The Labute approximate surface area is 199 Å². The van der Waals surface area contributed by atoms with E-state index in [0.717, 1.165) is 10.5 Å². The van der Waals surface area contributed by atoms with Crippen molar-refractivity contribution in [3.63, 3.8) is 0 Å². The smallest absolute Gasteiger partial charge is 0.339 e. The normalized spacial score (nSPS) is 14.8. The number of benzene rings is 3. The Balaban J connectivity index is 1.65. The largest absolute Gasteiger partial charge is 0.488 e.